The number of aliphatic hydroxyl groups excluding tert-OH is 1. The Labute approximate surface area is 136 Å². The number of fused-ring (bicyclic) bond motifs is 1. The molecule has 0 aliphatic carbocycles. The SMILES string of the molecule is Cc1ccc(NS(=O)(=O)c2ccc3c(c2)[C@@H](O)CCN3)cc1C. The summed E-state index contributed by atoms with van der Waals surface area (Å²) in [5.74, 6) is 0. The largest absolute Gasteiger partial charge is 0.388 e. The number of hydrogen-bond acceptors (Lipinski definition) is 4. The third-order valence-electron chi connectivity index (χ3n) is 4.18. The molecule has 0 radical (unpaired) electrons. The number of sulfonamides is 1. The second-order valence-electron chi connectivity index (χ2n) is 5.88. The van der Waals surface area contributed by atoms with Gasteiger partial charge in [-0.2, -0.15) is 0 Å². The molecular weight excluding hydrogens is 312 g/mol. The molecule has 0 saturated carbocycles. The number of benzene rings is 2. The molecule has 0 amide bonds. The van der Waals surface area contributed by atoms with E-state index in [1.54, 1.807) is 18.2 Å². The highest BCUT2D eigenvalue weighted by molar-refractivity contribution is 7.92. The zero-order chi connectivity index (χ0) is 16.6. The van der Waals surface area contributed by atoms with E-state index >= 15 is 0 Å². The van der Waals surface area contributed by atoms with Gasteiger partial charge in [0.2, 0.25) is 0 Å². The highest BCUT2D eigenvalue weighted by atomic mass is 32.2. The van der Waals surface area contributed by atoms with Gasteiger partial charge in [-0.1, -0.05) is 6.07 Å². The summed E-state index contributed by atoms with van der Waals surface area (Å²) < 4.78 is 27.7. The van der Waals surface area contributed by atoms with E-state index in [1.165, 1.54) is 6.07 Å². The van der Waals surface area contributed by atoms with Crippen molar-refractivity contribution in [1.82, 2.24) is 0 Å². The first kappa shape index (κ1) is 15.8. The molecule has 0 bridgehead atoms. The van der Waals surface area contributed by atoms with Gasteiger partial charge in [0.05, 0.1) is 11.0 Å². The number of aryl methyl sites for hydroxylation is 2. The van der Waals surface area contributed by atoms with E-state index in [0.29, 0.717) is 24.2 Å². The summed E-state index contributed by atoms with van der Waals surface area (Å²) in [4.78, 5) is 0.150. The summed E-state index contributed by atoms with van der Waals surface area (Å²) in [5.41, 5.74) is 4.07. The molecule has 6 heteroatoms. The number of rotatable bonds is 3. The van der Waals surface area contributed by atoms with Crippen molar-refractivity contribution in [2.75, 3.05) is 16.6 Å². The van der Waals surface area contributed by atoms with E-state index < -0.39 is 16.1 Å². The second-order valence-corrected chi connectivity index (χ2v) is 7.57. The van der Waals surface area contributed by atoms with E-state index in [1.807, 2.05) is 26.0 Å². The third kappa shape index (κ3) is 3.18. The van der Waals surface area contributed by atoms with Crippen LogP contribution in [0.15, 0.2) is 41.3 Å². The molecule has 1 aliphatic heterocycles. The fourth-order valence-electron chi connectivity index (χ4n) is 2.66. The van der Waals surface area contributed by atoms with Gasteiger partial charge >= 0.3 is 0 Å². The summed E-state index contributed by atoms with van der Waals surface area (Å²) in [6.45, 7) is 4.60. The van der Waals surface area contributed by atoms with Crippen molar-refractivity contribution in [3.05, 3.63) is 53.1 Å². The molecule has 0 saturated heterocycles. The quantitative estimate of drug-likeness (QED) is 0.807. The van der Waals surface area contributed by atoms with Crippen LogP contribution in [-0.2, 0) is 10.0 Å². The predicted octanol–water partition coefficient (Wildman–Crippen LogP) is 2.95. The van der Waals surface area contributed by atoms with Gasteiger partial charge in [-0.3, -0.25) is 4.72 Å². The highest BCUT2D eigenvalue weighted by Crippen LogP contribution is 2.32. The average Bonchev–Trinajstić information content (AvgIpc) is 2.51. The average molecular weight is 332 g/mol. The van der Waals surface area contributed by atoms with Crippen molar-refractivity contribution < 1.29 is 13.5 Å². The first-order chi connectivity index (χ1) is 10.9. The molecule has 3 N–H and O–H groups in total. The zero-order valence-corrected chi connectivity index (χ0v) is 13.9. The minimum absolute atomic E-state index is 0.150. The van der Waals surface area contributed by atoms with Gasteiger partial charge in [0.25, 0.3) is 10.0 Å². The van der Waals surface area contributed by atoms with Crippen LogP contribution in [0.3, 0.4) is 0 Å². The molecule has 0 aromatic heterocycles. The Hall–Kier alpha value is -2.05. The Kier molecular flexibility index (Phi) is 4.04. The molecule has 0 spiro atoms. The Morgan fingerprint density at radius 1 is 1.13 bits per heavy atom. The molecule has 122 valence electrons. The number of nitrogens with one attached hydrogen (secondary N) is 2. The van der Waals surface area contributed by atoms with Crippen LogP contribution >= 0.6 is 0 Å². The lowest BCUT2D eigenvalue weighted by molar-refractivity contribution is 0.168. The van der Waals surface area contributed by atoms with E-state index in [2.05, 4.69) is 10.0 Å². The van der Waals surface area contributed by atoms with Crippen LogP contribution in [0.5, 0.6) is 0 Å². The van der Waals surface area contributed by atoms with Gasteiger partial charge in [-0.15, -0.1) is 0 Å². The van der Waals surface area contributed by atoms with Gasteiger partial charge < -0.3 is 10.4 Å². The van der Waals surface area contributed by atoms with Gasteiger partial charge in [0.1, 0.15) is 0 Å². The predicted molar refractivity (Wildman–Crippen MR) is 91.2 cm³/mol. The summed E-state index contributed by atoms with van der Waals surface area (Å²) in [5, 5.41) is 13.2. The van der Waals surface area contributed by atoms with Crippen molar-refractivity contribution in [2.45, 2.75) is 31.3 Å². The van der Waals surface area contributed by atoms with E-state index in [-0.39, 0.29) is 4.90 Å². The van der Waals surface area contributed by atoms with Crippen molar-refractivity contribution in [3.63, 3.8) is 0 Å². The smallest absolute Gasteiger partial charge is 0.261 e. The van der Waals surface area contributed by atoms with Crippen LogP contribution in [-0.4, -0.2) is 20.1 Å². The molecule has 1 atom stereocenters. The van der Waals surface area contributed by atoms with Crippen molar-refractivity contribution >= 4 is 21.4 Å². The van der Waals surface area contributed by atoms with Crippen LogP contribution in [0, 0.1) is 13.8 Å². The molecule has 1 heterocycles. The Balaban J connectivity index is 1.93. The Bertz CT molecular complexity index is 847. The van der Waals surface area contributed by atoms with Gasteiger partial charge in [-0.25, -0.2) is 8.42 Å². The monoisotopic (exact) mass is 332 g/mol. The molecule has 0 fully saturated rings. The van der Waals surface area contributed by atoms with Crippen LogP contribution in [0.25, 0.3) is 0 Å². The van der Waals surface area contributed by atoms with Crippen molar-refractivity contribution in [3.8, 4) is 0 Å². The molecule has 5 nitrogen and oxygen atoms in total. The molecule has 1 aliphatic rings. The maximum atomic E-state index is 12.6. The molecule has 2 aromatic rings. The highest BCUT2D eigenvalue weighted by Gasteiger charge is 2.22. The topological polar surface area (TPSA) is 78.4 Å². The lowest BCUT2D eigenvalue weighted by atomic mass is 10.0. The maximum absolute atomic E-state index is 12.6. The zero-order valence-electron chi connectivity index (χ0n) is 13.1. The van der Waals surface area contributed by atoms with E-state index in [9.17, 15) is 13.5 Å². The second kappa shape index (κ2) is 5.86. The fourth-order valence-corrected chi connectivity index (χ4v) is 3.75. The lowest BCUT2D eigenvalue weighted by Crippen LogP contribution is -2.18. The summed E-state index contributed by atoms with van der Waals surface area (Å²) in [6, 6.07) is 10.2. The van der Waals surface area contributed by atoms with E-state index in [0.717, 1.165) is 16.8 Å². The minimum Gasteiger partial charge on any atom is -0.388 e. The number of hydrogen-bond donors (Lipinski definition) is 3. The molecule has 2 aromatic carbocycles. The first-order valence-corrected chi connectivity index (χ1v) is 9.01. The number of aliphatic hydroxyl groups is 1. The minimum atomic E-state index is -3.69. The lowest BCUT2D eigenvalue weighted by Gasteiger charge is -2.23. The van der Waals surface area contributed by atoms with Crippen LogP contribution in [0.2, 0.25) is 0 Å². The summed E-state index contributed by atoms with van der Waals surface area (Å²) in [7, 11) is -3.69. The Morgan fingerprint density at radius 3 is 2.65 bits per heavy atom. The van der Waals surface area contributed by atoms with E-state index in [4.69, 9.17) is 0 Å². The molecule has 3 rings (SSSR count). The molecular formula is C17H20N2O3S. The normalized spacial score (nSPS) is 17.3. The van der Waals surface area contributed by atoms with Crippen molar-refractivity contribution in [1.29, 1.82) is 0 Å². The molecule has 23 heavy (non-hydrogen) atoms. The van der Waals surface area contributed by atoms with Crippen LogP contribution in [0.1, 0.15) is 29.2 Å². The fraction of sp³-hybridized carbons (Fsp3) is 0.294. The van der Waals surface area contributed by atoms with Crippen molar-refractivity contribution in [2.24, 2.45) is 0 Å². The Morgan fingerprint density at radius 2 is 1.91 bits per heavy atom. The standard InChI is InChI=1S/C17H20N2O3S/c1-11-3-4-13(9-12(11)2)19-23(21,22)14-5-6-16-15(10-14)17(20)7-8-18-16/h3-6,9-10,17-20H,7-8H2,1-2H3/t17-/m0/s1. The van der Waals surface area contributed by atoms with Crippen LogP contribution < -0.4 is 10.0 Å². The van der Waals surface area contributed by atoms with Gasteiger partial charge in [0, 0.05) is 23.5 Å². The first-order valence-electron chi connectivity index (χ1n) is 7.53. The van der Waals surface area contributed by atoms with Gasteiger partial charge in [-0.05, 0) is 61.7 Å². The molecule has 0 unspecified atom stereocenters. The van der Waals surface area contributed by atoms with Gasteiger partial charge in [0.15, 0.2) is 0 Å². The van der Waals surface area contributed by atoms with Crippen LogP contribution in [0.4, 0.5) is 11.4 Å². The third-order valence-corrected chi connectivity index (χ3v) is 5.56. The number of anilines is 2. The summed E-state index contributed by atoms with van der Waals surface area (Å²) >= 11 is 0. The maximum Gasteiger partial charge on any atom is 0.261 e. The summed E-state index contributed by atoms with van der Waals surface area (Å²) in [6.07, 6.45) is -0.0656.